The van der Waals surface area contributed by atoms with Gasteiger partial charge < -0.3 is 14.8 Å². The number of rotatable bonds is 8. The van der Waals surface area contributed by atoms with Gasteiger partial charge in [0.15, 0.2) is 6.61 Å². The van der Waals surface area contributed by atoms with Crippen LogP contribution >= 0.6 is 0 Å². The summed E-state index contributed by atoms with van der Waals surface area (Å²) < 4.78 is 10.9. The van der Waals surface area contributed by atoms with Crippen LogP contribution in [-0.4, -0.2) is 18.5 Å². The van der Waals surface area contributed by atoms with E-state index in [4.69, 9.17) is 9.47 Å². The SMILES string of the molecule is O=C(COC(=O)C[C@H]1C[C@@H]2CC[C@@H]1C2)Nc1ccc(OCc2ccccc2)cc1. The number of ether oxygens (including phenoxy) is 2. The molecule has 1 N–H and O–H groups in total. The van der Waals surface area contributed by atoms with Crippen LogP contribution in [0.2, 0.25) is 0 Å². The van der Waals surface area contributed by atoms with Crippen molar-refractivity contribution in [1.82, 2.24) is 0 Å². The molecule has 2 aliphatic rings. The Bertz CT molecular complexity index is 834. The zero-order valence-corrected chi connectivity index (χ0v) is 16.5. The molecule has 4 rings (SSSR count). The van der Waals surface area contributed by atoms with Crippen molar-refractivity contribution in [2.75, 3.05) is 11.9 Å². The number of amides is 1. The Balaban J connectivity index is 1.17. The summed E-state index contributed by atoms with van der Waals surface area (Å²) in [5.74, 6) is 2.08. The predicted molar refractivity (Wildman–Crippen MR) is 110 cm³/mol. The highest BCUT2D eigenvalue weighted by atomic mass is 16.5. The van der Waals surface area contributed by atoms with Gasteiger partial charge in [0.2, 0.25) is 0 Å². The van der Waals surface area contributed by atoms with E-state index in [1.54, 1.807) is 24.3 Å². The summed E-state index contributed by atoms with van der Waals surface area (Å²) in [6.45, 7) is 0.247. The Kier molecular flexibility index (Phi) is 6.13. The van der Waals surface area contributed by atoms with Gasteiger partial charge in [-0.25, -0.2) is 0 Å². The first-order valence-electron chi connectivity index (χ1n) is 10.4. The molecule has 2 saturated carbocycles. The van der Waals surface area contributed by atoms with Gasteiger partial charge in [-0.1, -0.05) is 36.8 Å². The van der Waals surface area contributed by atoms with E-state index in [2.05, 4.69) is 5.32 Å². The maximum atomic E-state index is 12.1. The quantitative estimate of drug-likeness (QED) is 0.667. The van der Waals surface area contributed by atoms with E-state index in [9.17, 15) is 9.59 Å². The van der Waals surface area contributed by atoms with Crippen LogP contribution in [-0.2, 0) is 20.9 Å². The molecule has 152 valence electrons. The van der Waals surface area contributed by atoms with Crippen LogP contribution in [0.1, 0.15) is 37.7 Å². The smallest absolute Gasteiger partial charge is 0.306 e. The number of nitrogens with one attached hydrogen (secondary N) is 1. The third-order valence-corrected chi connectivity index (χ3v) is 6.06. The lowest BCUT2D eigenvalue weighted by Crippen LogP contribution is -2.23. The van der Waals surface area contributed by atoms with Crippen molar-refractivity contribution in [2.45, 2.75) is 38.7 Å². The Morgan fingerprint density at radius 2 is 1.76 bits per heavy atom. The van der Waals surface area contributed by atoms with Crippen LogP contribution in [0.25, 0.3) is 0 Å². The molecule has 29 heavy (non-hydrogen) atoms. The van der Waals surface area contributed by atoms with Crippen molar-refractivity contribution in [3.05, 3.63) is 60.2 Å². The maximum absolute atomic E-state index is 12.1. The second-order valence-corrected chi connectivity index (χ2v) is 8.15. The van der Waals surface area contributed by atoms with Crippen LogP contribution in [0, 0.1) is 17.8 Å². The van der Waals surface area contributed by atoms with Gasteiger partial charge in [0.05, 0.1) is 0 Å². The van der Waals surface area contributed by atoms with Gasteiger partial charge in [-0.3, -0.25) is 9.59 Å². The Labute approximate surface area is 171 Å². The highest BCUT2D eigenvalue weighted by Gasteiger charge is 2.40. The van der Waals surface area contributed by atoms with Gasteiger partial charge in [-0.2, -0.15) is 0 Å². The Morgan fingerprint density at radius 3 is 2.45 bits per heavy atom. The minimum absolute atomic E-state index is 0.244. The van der Waals surface area contributed by atoms with E-state index in [0.29, 0.717) is 30.6 Å². The summed E-state index contributed by atoms with van der Waals surface area (Å²) in [5.41, 5.74) is 1.74. The molecule has 3 atom stereocenters. The minimum Gasteiger partial charge on any atom is -0.489 e. The molecule has 1 amide bonds. The second-order valence-electron chi connectivity index (χ2n) is 8.15. The topological polar surface area (TPSA) is 64.6 Å². The van der Waals surface area contributed by atoms with Gasteiger partial charge in [0, 0.05) is 12.1 Å². The van der Waals surface area contributed by atoms with Gasteiger partial charge in [-0.05, 0) is 66.8 Å². The highest BCUT2D eigenvalue weighted by molar-refractivity contribution is 5.92. The number of hydrogen-bond donors (Lipinski definition) is 1. The first-order chi connectivity index (χ1) is 14.2. The fourth-order valence-corrected chi connectivity index (χ4v) is 4.62. The molecule has 0 aromatic heterocycles. The number of benzene rings is 2. The zero-order valence-electron chi connectivity index (χ0n) is 16.5. The monoisotopic (exact) mass is 393 g/mol. The Hall–Kier alpha value is -2.82. The minimum atomic E-state index is -0.329. The average Bonchev–Trinajstić information content (AvgIpc) is 3.36. The van der Waals surface area contributed by atoms with Crippen LogP contribution < -0.4 is 10.1 Å². The van der Waals surface area contributed by atoms with Gasteiger partial charge in [0.25, 0.3) is 5.91 Å². The molecule has 0 spiro atoms. The molecule has 0 saturated heterocycles. The van der Waals surface area contributed by atoms with Crippen LogP contribution in [0.5, 0.6) is 5.75 Å². The largest absolute Gasteiger partial charge is 0.489 e. The number of carbonyl (C=O) groups excluding carboxylic acids is 2. The summed E-state index contributed by atoms with van der Waals surface area (Å²) >= 11 is 0. The second kappa shape index (κ2) is 9.12. The fourth-order valence-electron chi connectivity index (χ4n) is 4.62. The van der Waals surface area contributed by atoms with E-state index in [-0.39, 0.29) is 18.5 Å². The van der Waals surface area contributed by atoms with Crippen molar-refractivity contribution in [3.63, 3.8) is 0 Å². The first-order valence-corrected chi connectivity index (χ1v) is 10.4. The molecule has 2 aromatic carbocycles. The van der Waals surface area contributed by atoms with Crippen LogP contribution in [0.4, 0.5) is 5.69 Å². The maximum Gasteiger partial charge on any atom is 0.306 e. The standard InChI is InChI=1S/C24H27NO4/c26-23(16-29-24(27)14-20-13-18-6-7-19(20)12-18)25-21-8-10-22(11-9-21)28-15-17-4-2-1-3-5-17/h1-5,8-11,18-20H,6-7,12-16H2,(H,25,26)/t18-,19-,20-/m1/s1. The molecular weight excluding hydrogens is 366 g/mol. The van der Waals surface area contributed by atoms with Crippen molar-refractivity contribution in [3.8, 4) is 5.75 Å². The zero-order chi connectivity index (χ0) is 20.1. The molecule has 0 aliphatic heterocycles. The molecule has 5 nitrogen and oxygen atoms in total. The van der Waals surface area contributed by atoms with Crippen molar-refractivity contribution in [1.29, 1.82) is 0 Å². The number of anilines is 1. The normalized spacial score (nSPS) is 22.3. The van der Waals surface area contributed by atoms with Gasteiger partial charge in [0.1, 0.15) is 12.4 Å². The molecule has 0 unspecified atom stereocenters. The fraction of sp³-hybridized carbons (Fsp3) is 0.417. The highest BCUT2D eigenvalue weighted by Crippen LogP contribution is 2.49. The van der Waals surface area contributed by atoms with Crippen LogP contribution in [0.15, 0.2) is 54.6 Å². The van der Waals surface area contributed by atoms with Gasteiger partial charge >= 0.3 is 5.97 Å². The predicted octanol–water partition coefficient (Wildman–Crippen LogP) is 4.57. The average molecular weight is 393 g/mol. The van der Waals surface area contributed by atoms with E-state index in [1.165, 1.54) is 19.3 Å². The van der Waals surface area contributed by atoms with Crippen molar-refractivity contribution >= 4 is 17.6 Å². The lowest BCUT2D eigenvalue weighted by atomic mass is 9.86. The number of esters is 1. The van der Waals surface area contributed by atoms with E-state index < -0.39 is 0 Å². The summed E-state index contributed by atoms with van der Waals surface area (Å²) in [4.78, 5) is 24.1. The lowest BCUT2D eigenvalue weighted by molar-refractivity contribution is -0.148. The summed E-state index contributed by atoms with van der Waals surface area (Å²) in [6, 6.07) is 17.1. The summed E-state index contributed by atoms with van der Waals surface area (Å²) in [6.07, 6.45) is 5.42. The third-order valence-electron chi connectivity index (χ3n) is 6.06. The lowest BCUT2D eigenvalue weighted by Gasteiger charge is -2.20. The molecule has 2 fully saturated rings. The number of hydrogen-bond acceptors (Lipinski definition) is 4. The van der Waals surface area contributed by atoms with Gasteiger partial charge in [-0.15, -0.1) is 0 Å². The number of carbonyl (C=O) groups is 2. The molecule has 2 aromatic rings. The molecule has 5 heteroatoms. The molecular formula is C24H27NO4. The molecule has 0 heterocycles. The Morgan fingerprint density at radius 1 is 0.966 bits per heavy atom. The molecule has 0 radical (unpaired) electrons. The van der Waals surface area contributed by atoms with E-state index in [1.807, 2.05) is 30.3 Å². The number of fused-ring (bicyclic) bond motifs is 2. The van der Waals surface area contributed by atoms with Crippen LogP contribution in [0.3, 0.4) is 0 Å². The van der Waals surface area contributed by atoms with Crippen molar-refractivity contribution < 1.29 is 19.1 Å². The molecule has 2 bridgehead atoms. The summed E-state index contributed by atoms with van der Waals surface area (Å²) in [7, 11) is 0. The van der Waals surface area contributed by atoms with E-state index in [0.717, 1.165) is 23.7 Å². The molecule has 2 aliphatic carbocycles. The third kappa shape index (κ3) is 5.37. The first kappa shape index (κ1) is 19.5. The van der Waals surface area contributed by atoms with E-state index >= 15 is 0 Å². The van der Waals surface area contributed by atoms with Crippen molar-refractivity contribution in [2.24, 2.45) is 17.8 Å². The summed E-state index contributed by atoms with van der Waals surface area (Å²) in [5, 5.41) is 2.75.